The largest absolute Gasteiger partial charge is 0.321 e. The predicted octanol–water partition coefficient (Wildman–Crippen LogP) is 3.18. The number of nitrogens with zero attached hydrogens (tertiary/aromatic N) is 3. The highest BCUT2D eigenvalue weighted by molar-refractivity contribution is 6.29. The fraction of sp³-hybridized carbons (Fsp3) is 0.200. The molecule has 0 bridgehead atoms. The van der Waals surface area contributed by atoms with Crippen molar-refractivity contribution in [3.63, 3.8) is 0 Å². The standard InChI is InChI=1S/C15H13ClN4O/c1-15(2,9-17)10-3-5-11(6-4-10)18-14(21)12-7-8-13(16)20-19-12/h3-8H,1-2H3,(H,18,21). The Balaban J connectivity index is 2.12. The van der Waals surface area contributed by atoms with Crippen LogP contribution in [0.15, 0.2) is 36.4 Å². The van der Waals surface area contributed by atoms with Crippen molar-refractivity contribution in [2.24, 2.45) is 0 Å². The number of anilines is 1. The lowest BCUT2D eigenvalue weighted by Crippen LogP contribution is -2.16. The molecule has 0 fully saturated rings. The molecule has 0 saturated carbocycles. The van der Waals surface area contributed by atoms with Gasteiger partial charge >= 0.3 is 0 Å². The number of aromatic nitrogens is 2. The molecule has 1 aromatic carbocycles. The molecule has 1 heterocycles. The zero-order valence-corrected chi connectivity index (χ0v) is 12.3. The van der Waals surface area contributed by atoms with Gasteiger partial charge in [-0.05, 0) is 43.7 Å². The number of halogens is 1. The first kappa shape index (κ1) is 14.9. The van der Waals surface area contributed by atoms with E-state index in [1.165, 1.54) is 12.1 Å². The van der Waals surface area contributed by atoms with E-state index < -0.39 is 5.41 Å². The summed E-state index contributed by atoms with van der Waals surface area (Å²) in [5, 5.41) is 19.4. The van der Waals surface area contributed by atoms with E-state index >= 15 is 0 Å². The second-order valence-corrected chi connectivity index (χ2v) is 5.40. The number of benzene rings is 1. The second kappa shape index (κ2) is 5.90. The minimum atomic E-state index is -0.565. The molecule has 1 aromatic heterocycles. The highest BCUT2D eigenvalue weighted by atomic mass is 35.5. The third-order valence-electron chi connectivity index (χ3n) is 3.01. The molecule has 0 aliphatic carbocycles. The average Bonchev–Trinajstić information content (AvgIpc) is 2.48. The van der Waals surface area contributed by atoms with Crippen LogP contribution in [0.25, 0.3) is 0 Å². The van der Waals surface area contributed by atoms with Gasteiger partial charge in [0.05, 0.1) is 11.5 Å². The molecule has 0 spiro atoms. The molecule has 0 unspecified atom stereocenters. The number of nitrogens with one attached hydrogen (secondary N) is 1. The molecule has 21 heavy (non-hydrogen) atoms. The number of carbonyl (C=O) groups excluding carboxylic acids is 1. The highest BCUT2D eigenvalue weighted by Gasteiger charge is 2.19. The number of amides is 1. The van der Waals surface area contributed by atoms with Crippen molar-refractivity contribution in [2.75, 3.05) is 5.32 Å². The summed E-state index contributed by atoms with van der Waals surface area (Å²) in [5.74, 6) is -0.369. The Morgan fingerprint density at radius 3 is 2.38 bits per heavy atom. The normalized spacial score (nSPS) is 10.8. The summed E-state index contributed by atoms with van der Waals surface area (Å²) in [6.45, 7) is 3.67. The molecule has 106 valence electrons. The Hall–Kier alpha value is -2.45. The van der Waals surface area contributed by atoms with Gasteiger partial charge in [-0.25, -0.2) is 0 Å². The van der Waals surface area contributed by atoms with Crippen molar-refractivity contribution in [2.45, 2.75) is 19.3 Å². The Morgan fingerprint density at radius 2 is 1.86 bits per heavy atom. The maximum Gasteiger partial charge on any atom is 0.276 e. The molecule has 0 aliphatic heterocycles. The van der Waals surface area contributed by atoms with Crippen LogP contribution in [-0.4, -0.2) is 16.1 Å². The highest BCUT2D eigenvalue weighted by Crippen LogP contribution is 2.23. The van der Waals surface area contributed by atoms with Crippen molar-refractivity contribution in [1.82, 2.24) is 10.2 Å². The average molecular weight is 301 g/mol. The predicted molar refractivity (Wildman–Crippen MR) is 80.1 cm³/mol. The van der Waals surface area contributed by atoms with Crippen molar-refractivity contribution in [3.8, 4) is 6.07 Å². The van der Waals surface area contributed by atoms with E-state index in [0.717, 1.165) is 5.56 Å². The van der Waals surface area contributed by atoms with Crippen LogP contribution in [0, 0.1) is 11.3 Å². The number of nitriles is 1. The van der Waals surface area contributed by atoms with E-state index in [-0.39, 0.29) is 16.8 Å². The molecule has 6 heteroatoms. The molecule has 0 aliphatic rings. The minimum absolute atomic E-state index is 0.181. The van der Waals surface area contributed by atoms with Gasteiger partial charge < -0.3 is 5.32 Å². The number of hydrogen-bond acceptors (Lipinski definition) is 4. The van der Waals surface area contributed by atoms with Gasteiger partial charge in [-0.3, -0.25) is 4.79 Å². The summed E-state index contributed by atoms with van der Waals surface area (Å²) in [6.07, 6.45) is 0. The van der Waals surface area contributed by atoms with Gasteiger partial charge in [0, 0.05) is 5.69 Å². The van der Waals surface area contributed by atoms with Gasteiger partial charge in [-0.15, -0.1) is 10.2 Å². The van der Waals surface area contributed by atoms with Gasteiger partial charge in [0.15, 0.2) is 10.8 Å². The van der Waals surface area contributed by atoms with Crippen molar-refractivity contribution in [3.05, 3.63) is 52.8 Å². The van der Waals surface area contributed by atoms with E-state index in [4.69, 9.17) is 16.9 Å². The Morgan fingerprint density at radius 1 is 1.19 bits per heavy atom. The van der Waals surface area contributed by atoms with E-state index in [1.54, 1.807) is 12.1 Å². The van der Waals surface area contributed by atoms with E-state index in [9.17, 15) is 4.79 Å². The number of hydrogen-bond donors (Lipinski definition) is 1. The first-order chi connectivity index (χ1) is 9.92. The van der Waals surface area contributed by atoms with Gasteiger partial charge in [-0.2, -0.15) is 5.26 Å². The zero-order chi connectivity index (χ0) is 15.5. The summed E-state index contributed by atoms with van der Waals surface area (Å²) in [5.41, 5.74) is 1.12. The van der Waals surface area contributed by atoms with Crippen LogP contribution in [0.5, 0.6) is 0 Å². The Bertz CT molecular complexity index is 687. The lowest BCUT2D eigenvalue weighted by molar-refractivity contribution is 0.102. The van der Waals surface area contributed by atoms with Crippen LogP contribution in [0.3, 0.4) is 0 Å². The van der Waals surface area contributed by atoms with E-state index in [2.05, 4.69) is 21.6 Å². The smallest absolute Gasteiger partial charge is 0.276 e. The van der Waals surface area contributed by atoms with Crippen LogP contribution in [0.1, 0.15) is 29.9 Å². The van der Waals surface area contributed by atoms with E-state index in [0.29, 0.717) is 5.69 Å². The SMILES string of the molecule is CC(C)(C#N)c1ccc(NC(=O)c2ccc(Cl)nn2)cc1. The van der Waals surface area contributed by atoms with E-state index in [1.807, 2.05) is 26.0 Å². The Labute approximate surface area is 127 Å². The first-order valence-corrected chi connectivity index (χ1v) is 6.62. The van der Waals surface area contributed by atoms with Crippen LogP contribution >= 0.6 is 11.6 Å². The summed E-state index contributed by atoms with van der Waals surface area (Å²) in [6, 6.07) is 12.3. The second-order valence-electron chi connectivity index (χ2n) is 5.01. The van der Waals surface area contributed by atoms with Gasteiger partial charge in [0.25, 0.3) is 5.91 Å². The Kier molecular flexibility index (Phi) is 4.20. The summed E-state index contributed by atoms with van der Waals surface area (Å²) in [4.78, 5) is 12.0. The molecular formula is C15H13ClN4O. The van der Waals surface area contributed by atoms with Gasteiger partial charge in [-0.1, -0.05) is 23.7 Å². The van der Waals surface area contributed by atoms with Gasteiger partial charge in [0.1, 0.15) is 0 Å². The van der Waals surface area contributed by atoms with Gasteiger partial charge in [0.2, 0.25) is 0 Å². The van der Waals surface area contributed by atoms with Crippen molar-refractivity contribution < 1.29 is 4.79 Å². The van der Waals surface area contributed by atoms with Crippen molar-refractivity contribution >= 4 is 23.2 Å². The third-order valence-corrected chi connectivity index (χ3v) is 3.21. The molecule has 1 amide bonds. The molecule has 2 aromatic rings. The quantitative estimate of drug-likeness (QED) is 0.944. The maximum absolute atomic E-state index is 12.0. The lowest BCUT2D eigenvalue weighted by atomic mass is 9.86. The minimum Gasteiger partial charge on any atom is -0.321 e. The topological polar surface area (TPSA) is 78.7 Å². The molecular weight excluding hydrogens is 288 g/mol. The summed E-state index contributed by atoms with van der Waals surface area (Å²) >= 11 is 5.62. The van der Waals surface area contributed by atoms with Crippen LogP contribution < -0.4 is 5.32 Å². The monoisotopic (exact) mass is 300 g/mol. The molecule has 1 N–H and O–H groups in total. The number of carbonyl (C=O) groups is 1. The van der Waals surface area contributed by atoms with Crippen molar-refractivity contribution in [1.29, 1.82) is 5.26 Å². The zero-order valence-electron chi connectivity index (χ0n) is 11.6. The fourth-order valence-corrected chi connectivity index (χ4v) is 1.77. The third kappa shape index (κ3) is 3.56. The van der Waals surface area contributed by atoms with Crippen LogP contribution in [0.2, 0.25) is 5.15 Å². The maximum atomic E-state index is 12.0. The lowest BCUT2D eigenvalue weighted by Gasteiger charge is -2.16. The molecule has 0 radical (unpaired) electrons. The summed E-state index contributed by atoms with van der Waals surface area (Å²) in [7, 11) is 0. The number of rotatable bonds is 3. The fourth-order valence-electron chi connectivity index (χ4n) is 1.67. The van der Waals surface area contributed by atoms with Crippen LogP contribution in [-0.2, 0) is 5.41 Å². The first-order valence-electron chi connectivity index (χ1n) is 6.25. The molecule has 0 saturated heterocycles. The molecule has 0 atom stereocenters. The summed E-state index contributed by atoms with van der Waals surface area (Å²) < 4.78 is 0. The van der Waals surface area contributed by atoms with Crippen LogP contribution in [0.4, 0.5) is 5.69 Å². The molecule has 2 rings (SSSR count). The molecule has 5 nitrogen and oxygen atoms in total.